The highest BCUT2D eigenvalue weighted by atomic mass is 32.2. The maximum Gasteiger partial charge on any atom is 0.151 e. The van der Waals surface area contributed by atoms with E-state index in [0.717, 1.165) is 19.3 Å². The van der Waals surface area contributed by atoms with Gasteiger partial charge in [0.2, 0.25) is 0 Å². The maximum atomic E-state index is 11.1. The molecule has 0 radical (unpaired) electrons. The lowest BCUT2D eigenvalue weighted by Gasteiger charge is -2.35. The van der Waals surface area contributed by atoms with Crippen LogP contribution in [0.4, 0.5) is 0 Å². The van der Waals surface area contributed by atoms with Crippen LogP contribution in [0.25, 0.3) is 0 Å². The molecule has 1 aliphatic carbocycles. The Labute approximate surface area is 78.8 Å². The first-order valence-corrected chi connectivity index (χ1v) is 6.59. The highest BCUT2D eigenvalue weighted by molar-refractivity contribution is 7.91. The zero-order valence-electron chi connectivity index (χ0n) is 7.57. The van der Waals surface area contributed by atoms with Gasteiger partial charge in [-0.15, -0.1) is 0 Å². The Kier molecular flexibility index (Phi) is 2.33. The molecular weight excluding hydrogens is 188 g/mol. The van der Waals surface area contributed by atoms with E-state index in [1.165, 1.54) is 0 Å². The molecule has 76 valence electrons. The van der Waals surface area contributed by atoms with Crippen molar-refractivity contribution in [3.05, 3.63) is 0 Å². The van der Waals surface area contributed by atoms with E-state index in [1.54, 1.807) is 0 Å². The van der Waals surface area contributed by atoms with Gasteiger partial charge in [0.05, 0.1) is 11.5 Å². The van der Waals surface area contributed by atoms with Gasteiger partial charge in [-0.05, 0) is 19.3 Å². The molecule has 2 rings (SSSR count). The van der Waals surface area contributed by atoms with Gasteiger partial charge in [-0.3, -0.25) is 0 Å². The largest absolute Gasteiger partial charge is 0.328 e. The Hall–Kier alpha value is -0.130. The first-order valence-electron chi connectivity index (χ1n) is 4.77. The molecule has 0 spiro atoms. The van der Waals surface area contributed by atoms with E-state index < -0.39 is 9.84 Å². The molecule has 1 atom stereocenters. The summed E-state index contributed by atoms with van der Waals surface area (Å²) in [7, 11) is -2.73. The average molecular weight is 204 g/mol. The van der Waals surface area contributed by atoms with Crippen molar-refractivity contribution in [1.29, 1.82) is 0 Å². The van der Waals surface area contributed by atoms with Crippen LogP contribution in [0.1, 0.15) is 19.3 Å². The van der Waals surface area contributed by atoms with Gasteiger partial charge in [0, 0.05) is 18.1 Å². The normalized spacial score (nSPS) is 43.0. The van der Waals surface area contributed by atoms with Crippen LogP contribution in [0.5, 0.6) is 0 Å². The van der Waals surface area contributed by atoms with Crippen molar-refractivity contribution in [1.82, 2.24) is 5.32 Å². The van der Waals surface area contributed by atoms with E-state index in [1.807, 2.05) is 0 Å². The van der Waals surface area contributed by atoms with Crippen molar-refractivity contribution in [3.63, 3.8) is 0 Å². The van der Waals surface area contributed by atoms with Crippen LogP contribution < -0.4 is 11.1 Å². The van der Waals surface area contributed by atoms with E-state index in [4.69, 9.17) is 5.73 Å². The van der Waals surface area contributed by atoms with Crippen LogP contribution in [0.2, 0.25) is 0 Å². The first-order chi connectivity index (χ1) is 6.05. The second kappa shape index (κ2) is 3.22. The molecule has 1 unspecified atom stereocenters. The van der Waals surface area contributed by atoms with E-state index in [9.17, 15) is 8.42 Å². The molecule has 2 fully saturated rings. The molecule has 13 heavy (non-hydrogen) atoms. The van der Waals surface area contributed by atoms with Crippen molar-refractivity contribution < 1.29 is 8.42 Å². The average Bonchev–Trinajstić information content (AvgIpc) is 2.27. The number of rotatable bonds is 2. The molecule has 0 amide bonds. The molecule has 1 heterocycles. The monoisotopic (exact) mass is 204 g/mol. The molecule has 1 saturated carbocycles. The Balaban J connectivity index is 1.78. The molecule has 4 nitrogen and oxygen atoms in total. The Morgan fingerprint density at radius 1 is 1.23 bits per heavy atom. The van der Waals surface area contributed by atoms with E-state index in [2.05, 4.69) is 5.32 Å². The van der Waals surface area contributed by atoms with Gasteiger partial charge in [0.25, 0.3) is 0 Å². The molecule has 1 saturated heterocycles. The summed E-state index contributed by atoms with van der Waals surface area (Å²) >= 11 is 0. The Bertz CT molecular complexity index is 283. The molecule has 2 aliphatic rings. The summed E-state index contributed by atoms with van der Waals surface area (Å²) in [6, 6.07) is 0.978. The summed E-state index contributed by atoms with van der Waals surface area (Å²) in [5, 5.41) is 3.34. The molecule has 3 N–H and O–H groups in total. The zero-order valence-corrected chi connectivity index (χ0v) is 8.39. The molecule has 0 aromatic carbocycles. The van der Waals surface area contributed by atoms with E-state index >= 15 is 0 Å². The van der Waals surface area contributed by atoms with Gasteiger partial charge >= 0.3 is 0 Å². The fraction of sp³-hybridized carbons (Fsp3) is 1.00. The highest BCUT2D eigenvalue weighted by Crippen LogP contribution is 2.20. The minimum absolute atomic E-state index is 0.183. The van der Waals surface area contributed by atoms with Crippen LogP contribution >= 0.6 is 0 Å². The molecule has 0 aromatic rings. The standard InChI is InChI=1S/C8H16N2O2S/c9-6-3-8(4-6)10-7-1-2-13(11,12)5-7/h6-8,10H,1-5,9H2. The van der Waals surface area contributed by atoms with Gasteiger partial charge in [-0.25, -0.2) is 8.42 Å². The van der Waals surface area contributed by atoms with Gasteiger partial charge in [0.1, 0.15) is 0 Å². The third-order valence-corrected chi connectivity index (χ3v) is 4.65. The molecular formula is C8H16N2O2S. The van der Waals surface area contributed by atoms with E-state index in [0.29, 0.717) is 23.6 Å². The summed E-state index contributed by atoms with van der Waals surface area (Å²) in [5.41, 5.74) is 5.64. The Morgan fingerprint density at radius 3 is 2.38 bits per heavy atom. The van der Waals surface area contributed by atoms with E-state index in [-0.39, 0.29) is 6.04 Å². The minimum atomic E-state index is -2.73. The Morgan fingerprint density at radius 2 is 1.92 bits per heavy atom. The minimum Gasteiger partial charge on any atom is -0.328 e. The van der Waals surface area contributed by atoms with Crippen LogP contribution in [-0.4, -0.2) is 38.0 Å². The van der Waals surface area contributed by atoms with Crippen LogP contribution in [-0.2, 0) is 9.84 Å². The van der Waals surface area contributed by atoms with Crippen LogP contribution in [0.15, 0.2) is 0 Å². The second-order valence-corrected chi connectivity index (χ2v) is 6.42. The molecule has 1 aliphatic heterocycles. The van der Waals surface area contributed by atoms with Crippen molar-refractivity contribution in [3.8, 4) is 0 Å². The first kappa shape index (κ1) is 9.43. The number of hydrogen-bond donors (Lipinski definition) is 2. The lowest BCUT2D eigenvalue weighted by atomic mass is 9.87. The number of nitrogens with one attached hydrogen (secondary N) is 1. The van der Waals surface area contributed by atoms with Crippen molar-refractivity contribution in [2.45, 2.75) is 37.4 Å². The predicted octanol–water partition coefficient (Wildman–Crippen LogP) is -0.747. The highest BCUT2D eigenvalue weighted by Gasteiger charge is 2.33. The van der Waals surface area contributed by atoms with Gasteiger partial charge < -0.3 is 11.1 Å². The number of hydrogen-bond acceptors (Lipinski definition) is 4. The summed E-state index contributed by atoms with van der Waals surface area (Å²) in [5.74, 6) is 0.669. The SMILES string of the molecule is NC1CC(NC2CCS(=O)(=O)C2)C1. The fourth-order valence-corrected chi connectivity index (χ4v) is 3.74. The lowest BCUT2D eigenvalue weighted by Crippen LogP contribution is -2.51. The quantitative estimate of drug-likeness (QED) is 0.621. The summed E-state index contributed by atoms with van der Waals surface area (Å²) < 4.78 is 22.3. The summed E-state index contributed by atoms with van der Waals surface area (Å²) in [4.78, 5) is 0. The van der Waals surface area contributed by atoms with Crippen molar-refractivity contribution in [2.75, 3.05) is 11.5 Å². The van der Waals surface area contributed by atoms with Crippen molar-refractivity contribution in [2.24, 2.45) is 5.73 Å². The van der Waals surface area contributed by atoms with Crippen LogP contribution in [0, 0.1) is 0 Å². The second-order valence-electron chi connectivity index (χ2n) is 4.20. The predicted molar refractivity (Wildman–Crippen MR) is 51.2 cm³/mol. The maximum absolute atomic E-state index is 11.1. The molecule has 0 aromatic heterocycles. The summed E-state index contributed by atoms with van der Waals surface area (Å²) in [6.07, 6.45) is 2.77. The third-order valence-electron chi connectivity index (χ3n) is 2.88. The van der Waals surface area contributed by atoms with Gasteiger partial charge in [-0.2, -0.15) is 0 Å². The smallest absolute Gasteiger partial charge is 0.151 e. The van der Waals surface area contributed by atoms with Gasteiger partial charge in [-0.1, -0.05) is 0 Å². The molecule has 5 heteroatoms. The van der Waals surface area contributed by atoms with Gasteiger partial charge in [0.15, 0.2) is 9.84 Å². The van der Waals surface area contributed by atoms with Crippen LogP contribution in [0.3, 0.4) is 0 Å². The number of nitrogens with two attached hydrogens (primary N) is 1. The lowest BCUT2D eigenvalue weighted by molar-refractivity contribution is 0.272. The zero-order chi connectivity index (χ0) is 9.47. The number of sulfone groups is 1. The van der Waals surface area contributed by atoms with Crippen molar-refractivity contribution >= 4 is 9.84 Å². The topological polar surface area (TPSA) is 72.2 Å². The fourth-order valence-electron chi connectivity index (χ4n) is 2.06. The molecule has 0 bridgehead atoms. The third kappa shape index (κ3) is 2.21. The summed E-state index contributed by atoms with van der Waals surface area (Å²) in [6.45, 7) is 0.